The van der Waals surface area contributed by atoms with E-state index >= 15 is 0 Å². The molecule has 0 aliphatic rings. The number of ether oxygens (including phenoxy) is 2. The number of hydrogen-bond donors (Lipinski definition) is 1. The highest BCUT2D eigenvalue weighted by molar-refractivity contribution is 7.99. The lowest BCUT2D eigenvalue weighted by Crippen LogP contribution is -2.17. The van der Waals surface area contributed by atoms with Crippen molar-refractivity contribution in [1.29, 1.82) is 0 Å². The van der Waals surface area contributed by atoms with Crippen molar-refractivity contribution < 1.29 is 9.47 Å². The fourth-order valence-corrected chi connectivity index (χ4v) is 4.05. The van der Waals surface area contributed by atoms with Gasteiger partial charge in [-0.3, -0.25) is 0 Å². The van der Waals surface area contributed by atoms with E-state index in [9.17, 15) is 0 Å². The molecule has 192 valence electrons. The lowest BCUT2D eigenvalue weighted by Gasteiger charge is -2.14. The Morgan fingerprint density at radius 2 is 1.78 bits per heavy atom. The highest BCUT2D eigenvalue weighted by Crippen LogP contribution is 2.29. The van der Waals surface area contributed by atoms with Gasteiger partial charge in [0, 0.05) is 30.6 Å². The van der Waals surface area contributed by atoms with Gasteiger partial charge in [-0.25, -0.2) is 4.98 Å². The van der Waals surface area contributed by atoms with Gasteiger partial charge in [-0.1, -0.05) is 53.7 Å². The van der Waals surface area contributed by atoms with Gasteiger partial charge in [-0.15, -0.1) is 29.9 Å². The van der Waals surface area contributed by atoms with Crippen LogP contribution < -0.4 is 14.8 Å². The van der Waals surface area contributed by atoms with Crippen molar-refractivity contribution >= 4 is 48.2 Å². The molecule has 2 aromatic carbocycles. The van der Waals surface area contributed by atoms with Crippen LogP contribution in [0.3, 0.4) is 0 Å². The van der Waals surface area contributed by atoms with Crippen LogP contribution in [0.2, 0.25) is 5.15 Å². The summed E-state index contributed by atoms with van der Waals surface area (Å²) < 4.78 is 13.5. The highest BCUT2D eigenvalue weighted by Gasteiger charge is 2.09. The summed E-state index contributed by atoms with van der Waals surface area (Å²) in [6.45, 7) is 4.42. The summed E-state index contributed by atoms with van der Waals surface area (Å²) in [6.07, 6.45) is 1.71. The van der Waals surface area contributed by atoms with Crippen molar-refractivity contribution in [3.05, 3.63) is 83.1 Å². The summed E-state index contributed by atoms with van der Waals surface area (Å²) in [7, 11) is 0. The Balaban J connectivity index is 0.00000228. The molecule has 0 fully saturated rings. The van der Waals surface area contributed by atoms with Gasteiger partial charge < -0.3 is 14.8 Å². The molecule has 2 heterocycles. The minimum Gasteiger partial charge on any atom is -0.490 e. The van der Waals surface area contributed by atoms with E-state index in [4.69, 9.17) is 21.1 Å². The first-order valence-corrected chi connectivity index (χ1v) is 12.3. The number of aromatic nitrogens is 5. The van der Waals surface area contributed by atoms with Gasteiger partial charge in [-0.2, -0.15) is 4.68 Å². The van der Waals surface area contributed by atoms with E-state index in [1.165, 1.54) is 0 Å². The molecular formula is C24H27Cl3N6O2S. The van der Waals surface area contributed by atoms with E-state index in [1.54, 1.807) is 28.7 Å². The molecule has 12 heteroatoms. The van der Waals surface area contributed by atoms with E-state index in [0.717, 1.165) is 40.0 Å². The van der Waals surface area contributed by atoms with Crippen molar-refractivity contribution in [3.63, 3.8) is 0 Å². The standard InChI is InChI=1S/C24H25ClN6O2S.2ClH/c1-2-32-22-14-18(8-10-21(22)33-17-19-9-11-23(25)27-16-19)15-26-12-13-34-24-28-29-30-31(24)20-6-4-3-5-7-20;;/h3-11,14,16,26H,2,12-13,15,17H2,1H3;2*1H. The number of nitrogens with zero attached hydrogens (tertiary/aromatic N) is 5. The molecule has 0 aliphatic carbocycles. The monoisotopic (exact) mass is 568 g/mol. The van der Waals surface area contributed by atoms with Crippen LogP contribution in [0.5, 0.6) is 11.5 Å². The fraction of sp³-hybridized carbons (Fsp3) is 0.250. The lowest BCUT2D eigenvalue weighted by atomic mass is 10.2. The smallest absolute Gasteiger partial charge is 0.214 e. The van der Waals surface area contributed by atoms with Gasteiger partial charge in [0.25, 0.3) is 0 Å². The van der Waals surface area contributed by atoms with E-state index in [1.807, 2.05) is 61.5 Å². The molecule has 4 aromatic rings. The molecule has 0 bridgehead atoms. The van der Waals surface area contributed by atoms with Crippen LogP contribution in [-0.4, -0.2) is 44.1 Å². The summed E-state index contributed by atoms with van der Waals surface area (Å²) in [5, 5.41) is 16.7. The first-order chi connectivity index (χ1) is 16.7. The maximum Gasteiger partial charge on any atom is 0.214 e. The average molecular weight is 570 g/mol. The van der Waals surface area contributed by atoms with E-state index in [0.29, 0.717) is 30.7 Å². The van der Waals surface area contributed by atoms with Crippen LogP contribution in [0.15, 0.2) is 72.0 Å². The summed E-state index contributed by atoms with van der Waals surface area (Å²) in [4.78, 5) is 4.08. The number of tetrazole rings is 1. The number of para-hydroxylation sites is 1. The molecule has 0 aliphatic heterocycles. The molecule has 0 saturated carbocycles. The normalized spacial score (nSPS) is 10.3. The van der Waals surface area contributed by atoms with Crippen molar-refractivity contribution in [2.45, 2.75) is 25.2 Å². The summed E-state index contributed by atoms with van der Waals surface area (Å²) in [5.41, 5.74) is 3.00. The number of pyridine rings is 1. The van der Waals surface area contributed by atoms with Crippen LogP contribution in [0.4, 0.5) is 0 Å². The van der Waals surface area contributed by atoms with Gasteiger partial charge in [0.1, 0.15) is 11.8 Å². The van der Waals surface area contributed by atoms with Crippen LogP contribution in [0, 0.1) is 0 Å². The summed E-state index contributed by atoms with van der Waals surface area (Å²) in [6, 6.07) is 19.5. The van der Waals surface area contributed by atoms with Crippen molar-refractivity contribution in [3.8, 4) is 17.2 Å². The number of benzene rings is 2. The Labute approximate surface area is 232 Å². The Bertz CT molecular complexity index is 1180. The second kappa shape index (κ2) is 15.5. The van der Waals surface area contributed by atoms with Crippen molar-refractivity contribution in [1.82, 2.24) is 30.5 Å². The Kier molecular flexibility index (Phi) is 12.8. The van der Waals surface area contributed by atoms with Crippen LogP contribution in [-0.2, 0) is 13.2 Å². The Morgan fingerprint density at radius 1 is 0.972 bits per heavy atom. The number of halogens is 3. The van der Waals surface area contributed by atoms with Crippen LogP contribution in [0.1, 0.15) is 18.1 Å². The third-order valence-electron chi connectivity index (χ3n) is 4.77. The number of rotatable bonds is 12. The molecule has 0 spiro atoms. The van der Waals surface area contributed by atoms with Crippen molar-refractivity contribution in [2.75, 3.05) is 18.9 Å². The zero-order valence-corrected chi connectivity index (χ0v) is 22.7. The van der Waals surface area contributed by atoms with Gasteiger partial charge in [0.2, 0.25) is 5.16 Å². The lowest BCUT2D eigenvalue weighted by molar-refractivity contribution is 0.269. The topological polar surface area (TPSA) is 87.0 Å². The first-order valence-electron chi connectivity index (χ1n) is 10.9. The van der Waals surface area contributed by atoms with Gasteiger partial charge >= 0.3 is 0 Å². The van der Waals surface area contributed by atoms with Crippen LogP contribution >= 0.6 is 48.2 Å². The predicted molar refractivity (Wildman–Crippen MR) is 147 cm³/mol. The zero-order valence-electron chi connectivity index (χ0n) is 19.5. The Hall–Kier alpha value is -2.56. The number of hydrogen-bond acceptors (Lipinski definition) is 8. The summed E-state index contributed by atoms with van der Waals surface area (Å²) in [5.74, 6) is 2.26. The van der Waals surface area contributed by atoms with E-state index in [2.05, 4.69) is 25.8 Å². The maximum atomic E-state index is 5.95. The molecule has 0 unspecified atom stereocenters. The van der Waals surface area contributed by atoms with Crippen molar-refractivity contribution in [2.24, 2.45) is 0 Å². The summed E-state index contributed by atoms with van der Waals surface area (Å²) >= 11 is 7.45. The maximum absolute atomic E-state index is 5.95. The second-order valence-corrected chi connectivity index (χ2v) is 8.68. The Morgan fingerprint density at radius 3 is 2.53 bits per heavy atom. The van der Waals surface area contributed by atoms with Crippen LogP contribution in [0.25, 0.3) is 5.69 Å². The third-order valence-corrected chi connectivity index (χ3v) is 5.92. The number of thioether (sulfide) groups is 1. The van der Waals surface area contributed by atoms with Gasteiger partial charge in [0.05, 0.1) is 12.3 Å². The van der Waals surface area contributed by atoms with Gasteiger partial charge in [-0.05, 0) is 53.2 Å². The largest absolute Gasteiger partial charge is 0.490 e. The average Bonchev–Trinajstić information content (AvgIpc) is 3.34. The third kappa shape index (κ3) is 8.53. The molecule has 4 rings (SSSR count). The molecule has 0 amide bonds. The highest BCUT2D eigenvalue weighted by atomic mass is 35.5. The quantitative estimate of drug-likeness (QED) is 0.138. The first kappa shape index (κ1) is 29.7. The molecule has 36 heavy (non-hydrogen) atoms. The van der Waals surface area contributed by atoms with Gasteiger partial charge in [0.15, 0.2) is 11.5 Å². The fourth-order valence-electron chi connectivity index (χ4n) is 3.15. The molecule has 0 saturated heterocycles. The minimum atomic E-state index is 0. The molecule has 8 nitrogen and oxygen atoms in total. The molecule has 2 aromatic heterocycles. The molecule has 0 radical (unpaired) electrons. The predicted octanol–water partition coefficient (Wildman–Crippen LogP) is 5.41. The minimum absolute atomic E-state index is 0. The van der Waals surface area contributed by atoms with E-state index in [-0.39, 0.29) is 24.8 Å². The molecular weight excluding hydrogens is 543 g/mol. The second-order valence-electron chi connectivity index (χ2n) is 7.23. The zero-order chi connectivity index (χ0) is 23.6. The molecule has 0 atom stereocenters. The molecule has 1 N–H and O–H groups in total. The SMILES string of the molecule is CCOc1cc(CNCCSc2nnnn2-c2ccccc2)ccc1OCc1ccc(Cl)nc1.Cl.Cl. The van der Waals surface area contributed by atoms with E-state index < -0.39 is 0 Å². The number of nitrogens with one attached hydrogen (secondary N) is 1.